The summed E-state index contributed by atoms with van der Waals surface area (Å²) in [6.45, 7) is 4.37. The first-order valence-corrected chi connectivity index (χ1v) is 15.6. The Labute approximate surface area is 221 Å². The molecular formula is C34H52O2. The third-order valence-corrected chi connectivity index (χ3v) is 9.99. The first-order valence-electron chi connectivity index (χ1n) is 15.6. The van der Waals surface area contributed by atoms with Gasteiger partial charge in [0, 0.05) is 0 Å². The van der Waals surface area contributed by atoms with E-state index in [-0.39, 0.29) is 11.9 Å². The summed E-state index contributed by atoms with van der Waals surface area (Å²) in [4.78, 5) is 13.2. The summed E-state index contributed by atoms with van der Waals surface area (Å²) >= 11 is 0. The molecule has 2 nitrogen and oxygen atoms in total. The van der Waals surface area contributed by atoms with Crippen LogP contribution < -0.4 is 4.74 Å². The first-order chi connectivity index (χ1) is 17.7. The van der Waals surface area contributed by atoms with Crippen LogP contribution in [-0.2, 0) is 11.2 Å². The van der Waals surface area contributed by atoms with Crippen molar-refractivity contribution < 1.29 is 9.53 Å². The minimum Gasteiger partial charge on any atom is -0.426 e. The normalized spacial score (nSPS) is 30.7. The number of benzene rings is 1. The summed E-state index contributed by atoms with van der Waals surface area (Å²) in [5, 5.41) is 0. The lowest BCUT2D eigenvalue weighted by molar-refractivity contribution is -0.144. The average Bonchev–Trinajstić information content (AvgIpc) is 2.92. The van der Waals surface area contributed by atoms with E-state index in [9.17, 15) is 4.79 Å². The summed E-state index contributed by atoms with van der Waals surface area (Å²) in [5.74, 6) is 5.04. The van der Waals surface area contributed by atoms with Crippen LogP contribution in [0.5, 0.6) is 5.75 Å². The molecule has 36 heavy (non-hydrogen) atoms. The van der Waals surface area contributed by atoms with Gasteiger partial charge in [-0.25, -0.2) is 0 Å². The molecule has 4 atom stereocenters. The molecule has 1 aromatic carbocycles. The highest BCUT2D eigenvalue weighted by atomic mass is 16.5. The molecule has 0 amide bonds. The highest BCUT2D eigenvalue weighted by molar-refractivity contribution is 5.75. The van der Waals surface area contributed by atoms with Crippen LogP contribution in [0.25, 0.3) is 0 Å². The van der Waals surface area contributed by atoms with Crippen LogP contribution in [0.4, 0.5) is 0 Å². The van der Waals surface area contributed by atoms with Gasteiger partial charge in [0.1, 0.15) is 5.75 Å². The van der Waals surface area contributed by atoms with Gasteiger partial charge in [0.15, 0.2) is 0 Å². The van der Waals surface area contributed by atoms with E-state index >= 15 is 0 Å². The van der Waals surface area contributed by atoms with E-state index in [1.807, 2.05) is 12.1 Å². The number of carbonyl (C=O) groups is 1. The number of allylic oxidation sites excluding steroid dienone is 2. The Kier molecular flexibility index (Phi) is 11.0. The molecule has 3 aliphatic rings. The van der Waals surface area contributed by atoms with Gasteiger partial charge in [-0.15, -0.1) is 0 Å². The molecule has 4 rings (SSSR count). The van der Waals surface area contributed by atoms with Crippen LogP contribution in [0.3, 0.4) is 0 Å². The quantitative estimate of drug-likeness (QED) is 0.133. The second kappa shape index (κ2) is 14.4. The van der Waals surface area contributed by atoms with E-state index < -0.39 is 0 Å². The molecule has 200 valence electrons. The van der Waals surface area contributed by atoms with Crippen LogP contribution in [0.15, 0.2) is 36.4 Å². The minimum absolute atomic E-state index is 0.0356. The largest absolute Gasteiger partial charge is 0.426 e. The molecule has 1 aromatic rings. The average molecular weight is 493 g/mol. The van der Waals surface area contributed by atoms with Crippen molar-refractivity contribution in [2.24, 2.45) is 35.5 Å². The molecule has 3 aliphatic carbocycles. The fraction of sp³-hybridized carbons (Fsp3) is 0.735. The van der Waals surface area contributed by atoms with Crippen molar-refractivity contribution in [1.29, 1.82) is 0 Å². The Morgan fingerprint density at radius 2 is 1.67 bits per heavy atom. The fourth-order valence-electron chi connectivity index (χ4n) is 7.86. The van der Waals surface area contributed by atoms with Gasteiger partial charge in [0.25, 0.3) is 0 Å². The predicted octanol–water partition coefficient (Wildman–Crippen LogP) is 9.71. The van der Waals surface area contributed by atoms with Gasteiger partial charge in [-0.3, -0.25) is 4.79 Å². The van der Waals surface area contributed by atoms with Crippen molar-refractivity contribution in [2.75, 3.05) is 0 Å². The molecule has 4 unspecified atom stereocenters. The van der Waals surface area contributed by atoms with Gasteiger partial charge in [-0.05, 0) is 106 Å². The first kappa shape index (κ1) is 27.5. The van der Waals surface area contributed by atoms with E-state index in [2.05, 4.69) is 38.1 Å². The van der Waals surface area contributed by atoms with Gasteiger partial charge in [0.2, 0.25) is 0 Å². The molecule has 0 aliphatic heterocycles. The second-order valence-electron chi connectivity index (χ2n) is 12.3. The number of esters is 1. The number of rotatable bonds is 11. The van der Waals surface area contributed by atoms with Gasteiger partial charge in [-0.2, -0.15) is 0 Å². The maximum Gasteiger partial charge on any atom is 0.314 e. The zero-order valence-corrected chi connectivity index (χ0v) is 23.3. The number of ether oxygens (including phenoxy) is 1. The van der Waals surface area contributed by atoms with Crippen LogP contribution in [0.2, 0.25) is 0 Å². The summed E-state index contributed by atoms with van der Waals surface area (Å²) in [6, 6.07) is 8.20. The van der Waals surface area contributed by atoms with Crippen molar-refractivity contribution in [3.05, 3.63) is 42.0 Å². The van der Waals surface area contributed by atoms with E-state index in [1.165, 1.54) is 95.5 Å². The smallest absolute Gasteiger partial charge is 0.314 e. The van der Waals surface area contributed by atoms with Gasteiger partial charge in [-0.1, -0.05) is 89.0 Å². The zero-order valence-electron chi connectivity index (χ0n) is 23.3. The van der Waals surface area contributed by atoms with Crippen molar-refractivity contribution >= 4 is 5.97 Å². The summed E-state index contributed by atoms with van der Waals surface area (Å²) < 4.78 is 5.93. The van der Waals surface area contributed by atoms with Crippen molar-refractivity contribution in [3.8, 4) is 5.75 Å². The molecule has 0 aromatic heterocycles. The Morgan fingerprint density at radius 3 is 2.42 bits per heavy atom. The number of unbranched alkanes of at least 4 members (excludes halogenated alkanes) is 3. The molecule has 0 bridgehead atoms. The van der Waals surface area contributed by atoms with E-state index in [4.69, 9.17) is 4.74 Å². The molecule has 3 saturated carbocycles. The van der Waals surface area contributed by atoms with E-state index in [0.29, 0.717) is 5.92 Å². The molecule has 0 spiro atoms. The SMILES string of the molecule is C/C=C/CCc1ccc(OC(=O)C2CCCC3CC(C4CCC(CCCCCC)CC4)CCC32)cc1. The highest BCUT2D eigenvalue weighted by Gasteiger charge is 2.43. The summed E-state index contributed by atoms with van der Waals surface area (Å²) in [6.07, 6.45) is 26.9. The molecule has 2 heteroatoms. The Bertz CT molecular complexity index is 801. The highest BCUT2D eigenvalue weighted by Crippen LogP contribution is 2.50. The van der Waals surface area contributed by atoms with Crippen LogP contribution in [0, 0.1) is 35.5 Å². The van der Waals surface area contributed by atoms with Crippen molar-refractivity contribution in [3.63, 3.8) is 0 Å². The molecule has 0 radical (unpaired) electrons. The van der Waals surface area contributed by atoms with E-state index in [0.717, 1.165) is 48.7 Å². The monoisotopic (exact) mass is 492 g/mol. The third kappa shape index (κ3) is 7.72. The van der Waals surface area contributed by atoms with Crippen molar-refractivity contribution in [2.45, 2.75) is 123 Å². The van der Waals surface area contributed by atoms with Crippen LogP contribution >= 0.6 is 0 Å². The molecule has 0 heterocycles. The lowest BCUT2D eigenvalue weighted by Gasteiger charge is -2.46. The minimum atomic E-state index is 0.0356. The molecular weight excluding hydrogens is 440 g/mol. The second-order valence-corrected chi connectivity index (χ2v) is 12.3. The summed E-state index contributed by atoms with van der Waals surface area (Å²) in [5.41, 5.74) is 1.30. The maximum atomic E-state index is 13.2. The zero-order chi connectivity index (χ0) is 25.2. The van der Waals surface area contributed by atoms with Crippen LogP contribution in [-0.4, -0.2) is 5.97 Å². The molecule has 0 N–H and O–H groups in total. The topological polar surface area (TPSA) is 26.3 Å². The Morgan fingerprint density at radius 1 is 0.889 bits per heavy atom. The number of aryl methyl sites for hydroxylation is 1. The summed E-state index contributed by atoms with van der Waals surface area (Å²) in [7, 11) is 0. The number of hydrogen-bond donors (Lipinski definition) is 0. The van der Waals surface area contributed by atoms with Crippen LogP contribution in [0.1, 0.15) is 122 Å². The van der Waals surface area contributed by atoms with Gasteiger partial charge < -0.3 is 4.74 Å². The van der Waals surface area contributed by atoms with E-state index in [1.54, 1.807) is 0 Å². The lowest BCUT2D eigenvalue weighted by Crippen LogP contribution is -2.40. The number of hydrogen-bond acceptors (Lipinski definition) is 2. The fourth-order valence-corrected chi connectivity index (χ4v) is 7.86. The van der Waals surface area contributed by atoms with Gasteiger partial charge in [0.05, 0.1) is 5.92 Å². The predicted molar refractivity (Wildman–Crippen MR) is 151 cm³/mol. The Hall–Kier alpha value is -1.57. The Balaban J connectivity index is 1.23. The third-order valence-electron chi connectivity index (χ3n) is 9.99. The van der Waals surface area contributed by atoms with Gasteiger partial charge >= 0.3 is 5.97 Å². The molecule has 3 fully saturated rings. The standard InChI is InChI=1S/C34H52O2/c1-3-5-7-9-12-26-15-19-28(20-16-26)29-21-24-32-30(25-29)13-10-14-33(32)34(35)36-31-22-17-27(18-23-31)11-8-6-4-2/h4,6,17-18,22-23,26,28-30,32-33H,3,5,7-16,19-21,24-25H2,1-2H3/b6-4+. The maximum absolute atomic E-state index is 13.2. The number of fused-ring (bicyclic) bond motifs is 1. The van der Waals surface area contributed by atoms with Crippen molar-refractivity contribution in [1.82, 2.24) is 0 Å². The molecule has 0 saturated heterocycles. The lowest BCUT2D eigenvalue weighted by atomic mass is 9.59. The number of carbonyl (C=O) groups excluding carboxylic acids is 1.